The molecule has 0 radical (unpaired) electrons. The van der Waals surface area contributed by atoms with Gasteiger partial charge in [-0.2, -0.15) is 0 Å². The van der Waals surface area contributed by atoms with E-state index >= 15 is 0 Å². The van der Waals surface area contributed by atoms with E-state index in [1.807, 2.05) is 36.0 Å². The second-order valence-corrected chi connectivity index (χ2v) is 6.36. The smallest absolute Gasteiger partial charge is 0.227 e. The number of amides is 1. The van der Waals surface area contributed by atoms with Gasteiger partial charge in [0.25, 0.3) is 0 Å². The van der Waals surface area contributed by atoms with E-state index in [4.69, 9.17) is 0 Å². The first kappa shape index (κ1) is 16.4. The third-order valence-corrected chi connectivity index (χ3v) is 4.49. The van der Waals surface area contributed by atoms with Crippen LogP contribution in [-0.4, -0.2) is 36.4 Å². The molecule has 1 aromatic carbocycles. The number of carbonyl (C=O) groups is 1. The Kier molecular flexibility index (Phi) is 4.79. The largest absolute Gasteiger partial charge is 0.363 e. The van der Waals surface area contributed by atoms with E-state index in [-0.39, 0.29) is 24.2 Å². The van der Waals surface area contributed by atoms with Gasteiger partial charge in [0, 0.05) is 26.8 Å². The van der Waals surface area contributed by atoms with Crippen molar-refractivity contribution in [3.8, 4) is 0 Å². The first-order valence-electron chi connectivity index (χ1n) is 8.22. The number of hydrogen-bond donors (Lipinski definition) is 0. The van der Waals surface area contributed by atoms with Gasteiger partial charge in [-0.3, -0.25) is 4.79 Å². The Morgan fingerprint density at radius 2 is 2.12 bits per heavy atom. The van der Waals surface area contributed by atoms with E-state index in [9.17, 15) is 9.18 Å². The van der Waals surface area contributed by atoms with E-state index < -0.39 is 0 Å². The normalized spacial score (nSPS) is 17.1. The van der Waals surface area contributed by atoms with Gasteiger partial charge in [0.05, 0.1) is 12.5 Å². The molecule has 1 aromatic heterocycles. The molecule has 0 saturated carbocycles. The van der Waals surface area contributed by atoms with Gasteiger partial charge < -0.3 is 9.80 Å². The number of aromatic nitrogens is 1. The van der Waals surface area contributed by atoms with Crippen LogP contribution in [0.1, 0.15) is 30.0 Å². The lowest BCUT2D eigenvalue weighted by molar-refractivity contribution is -0.131. The maximum absolute atomic E-state index is 13.8. The minimum atomic E-state index is -0.319. The number of likely N-dealkylation sites (tertiary alicyclic amines) is 1. The predicted octanol–water partition coefficient (Wildman–Crippen LogP) is 3.19. The Morgan fingerprint density at radius 3 is 2.88 bits per heavy atom. The number of rotatable bonds is 4. The molecule has 5 heteroatoms. The quantitative estimate of drug-likeness (QED) is 0.865. The lowest BCUT2D eigenvalue weighted by Gasteiger charge is -2.26. The third-order valence-electron chi connectivity index (χ3n) is 4.49. The average Bonchev–Trinajstić information content (AvgIpc) is 3.07. The molecule has 0 bridgehead atoms. The average molecular weight is 327 g/mol. The number of halogens is 1. The summed E-state index contributed by atoms with van der Waals surface area (Å²) >= 11 is 0. The number of pyridine rings is 1. The molecule has 1 saturated heterocycles. The summed E-state index contributed by atoms with van der Waals surface area (Å²) in [5.74, 6) is 0.534. The fraction of sp³-hybridized carbons (Fsp3) is 0.368. The molecule has 2 aromatic rings. The molecular formula is C19H22FN3O. The summed E-state index contributed by atoms with van der Waals surface area (Å²) in [7, 11) is 3.89. The molecule has 1 fully saturated rings. The number of benzene rings is 1. The van der Waals surface area contributed by atoms with E-state index in [0.29, 0.717) is 5.56 Å². The Bertz CT molecular complexity index is 732. The molecule has 4 nitrogen and oxygen atoms in total. The highest BCUT2D eigenvalue weighted by Crippen LogP contribution is 2.33. The fourth-order valence-electron chi connectivity index (χ4n) is 3.20. The maximum Gasteiger partial charge on any atom is 0.227 e. The second-order valence-electron chi connectivity index (χ2n) is 6.36. The van der Waals surface area contributed by atoms with Crippen LogP contribution in [0.2, 0.25) is 0 Å². The van der Waals surface area contributed by atoms with E-state index in [2.05, 4.69) is 4.98 Å². The Morgan fingerprint density at radius 1 is 1.33 bits per heavy atom. The highest BCUT2D eigenvalue weighted by atomic mass is 19.1. The Hall–Kier alpha value is -2.43. The van der Waals surface area contributed by atoms with Crippen LogP contribution < -0.4 is 4.90 Å². The highest BCUT2D eigenvalue weighted by Gasteiger charge is 2.30. The number of nitrogens with zero attached hydrogens (tertiary/aromatic N) is 3. The molecule has 2 heterocycles. The van der Waals surface area contributed by atoms with E-state index in [1.165, 1.54) is 6.07 Å². The van der Waals surface area contributed by atoms with Gasteiger partial charge in [0.2, 0.25) is 5.91 Å². The number of anilines is 1. The molecule has 0 unspecified atom stereocenters. The summed E-state index contributed by atoms with van der Waals surface area (Å²) in [6, 6.07) is 10.5. The van der Waals surface area contributed by atoms with Crippen LogP contribution in [0.4, 0.5) is 10.2 Å². The number of carbonyl (C=O) groups excluding carboxylic acids is 1. The first-order chi connectivity index (χ1) is 11.6. The summed E-state index contributed by atoms with van der Waals surface area (Å²) in [5, 5.41) is 0. The Balaban J connectivity index is 1.79. The fourth-order valence-corrected chi connectivity index (χ4v) is 3.20. The third kappa shape index (κ3) is 3.40. The molecule has 1 aliphatic heterocycles. The molecule has 1 amide bonds. The zero-order valence-corrected chi connectivity index (χ0v) is 14.1. The summed E-state index contributed by atoms with van der Waals surface area (Å²) in [6.45, 7) is 0.720. The van der Waals surface area contributed by atoms with Gasteiger partial charge in [-0.05, 0) is 42.2 Å². The van der Waals surface area contributed by atoms with Gasteiger partial charge in [-0.1, -0.05) is 18.2 Å². The zero-order valence-electron chi connectivity index (χ0n) is 14.1. The van der Waals surface area contributed by atoms with Crippen molar-refractivity contribution >= 4 is 11.7 Å². The van der Waals surface area contributed by atoms with Crippen molar-refractivity contribution in [1.82, 2.24) is 9.88 Å². The van der Waals surface area contributed by atoms with E-state index in [0.717, 1.165) is 30.8 Å². The second kappa shape index (κ2) is 6.99. The molecule has 1 aliphatic rings. The number of hydrogen-bond acceptors (Lipinski definition) is 3. The van der Waals surface area contributed by atoms with Gasteiger partial charge in [0.15, 0.2) is 0 Å². The van der Waals surface area contributed by atoms with E-state index in [1.54, 1.807) is 24.4 Å². The molecule has 3 rings (SSSR count). The van der Waals surface area contributed by atoms with Gasteiger partial charge in [-0.15, -0.1) is 0 Å². The van der Waals surface area contributed by atoms with Gasteiger partial charge >= 0.3 is 0 Å². The molecule has 0 N–H and O–H groups in total. The van der Waals surface area contributed by atoms with Crippen LogP contribution in [0.5, 0.6) is 0 Å². The van der Waals surface area contributed by atoms with Crippen LogP contribution in [-0.2, 0) is 11.2 Å². The molecular weight excluding hydrogens is 305 g/mol. The maximum atomic E-state index is 13.8. The van der Waals surface area contributed by atoms with Crippen molar-refractivity contribution in [1.29, 1.82) is 0 Å². The van der Waals surface area contributed by atoms with Crippen LogP contribution in [0.25, 0.3) is 0 Å². The molecule has 1 atom stereocenters. The van der Waals surface area contributed by atoms with Crippen molar-refractivity contribution in [3.05, 3.63) is 59.5 Å². The van der Waals surface area contributed by atoms with Crippen molar-refractivity contribution in [2.24, 2.45) is 0 Å². The summed E-state index contributed by atoms with van der Waals surface area (Å²) in [4.78, 5) is 20.9. The lowest BCUT2D eigenvalue weighted by atomic mass is 10.0. The molecule has 0 aliphatic carbocycles. The van der Waals surface area contributed by atoms with Crippen molar-refractivity contribution in [2.45, 2.75) is 25.3 Å². The molecule has 24 heavy (non-hydrogen) atoms. The molecule has 126 valence electrons. The van der Waals surface area contributed by atoms with Crippen LogP contribution in [0.15, 0.2) is 42.6 Å². The van der Waals surface area contributed by atoms with Crippen LogP contribution in [0.3, 0.4) is 0 Å². The summed E-state index contributed by atoms with van der Waals surface area (Å²) in [6.07, 6.45) is 3.78. The standard InChI is InChI=1S/C19H22FN3O/c1-22(2)18-12-15(9-10-21-18)17-8-5-11-23(17)19(24)13-14-6-3-4-7-16(14)20/h3-4,6-7,9-10,12,17H,5,8,11,13H2,1-2H3/t17-/m0/s1. The minimum Gasteiger partial charge on any atom is -0.363 e. The minimum absolute atomic E-state index is 0.0224. The van der Waals surface area contributed by atoms with Gasteiger partial charge in [-0.25, -0.2) is 9.37 Å². The summed E-state index contributed by atoms with van der Waals surface area (Å²) < 4.78 is 13.8. The first-order valence-corrected chi connectivity index (χ1v) is 8.22. The van der Waals surface area contributed by atoms with Crippen molar-refractivity contribution in [2.75, 3.05) is 25.5 Å². The Labute approximate surface area is 141 Å². The van der Waals surface area contributed by atoms with Gasteiger partial charge in [0.1, 0.15) is 11.6 Å². The van der Waals surface area contributed by atoms with Crippen LogP contribution in [0, 0.1) is 5.82 Å². The monoisotopic (exact) mass is 327 g/mol. The SMILES string of the molecule is CN(C)c1cc([C@@H]2CCCN2C(=O)Cc2ccccc2F)ccn1. The highest BCUT2D eigenvalue weighted by molar-refractivity contribution is 5.79. The predicted molar refractivity (Wildman–Crippen MR) is 92.4 cm³/mol. The summed E-state index contributed by atoms with van der Waals surface area (Å²) in [5.41, 5.74) is 1.55. The zero-order chi connectivity index (χ0) is 17.1. The lowest BCUT2D eigenvalue weighted by Crippen LogP contribution is -2.32. The molecule has 0 spiro atoms. The topological polar surface area (TPSA) is 36.4 Å². The van der Waals surface area contributed by atoms with Crippen LogP contribution >= 0.6 is 0 Å². The van der Waals surface area contributed by atoms with Crippen molar-refractivity contribution in [3.63, 3.8) is 0 Å². The van der Waals surface area contributed by atoms with Crippen molar-refractivity contribution < 1.29 is 9.18 Å².